The van der Waals surface area contributed by atoms with Crippen LogP contribution in [0.5, 0.6) is 17.2 Å². The molecule has 130 valence electrons. The fourth-order valence-electron chi connectivity index (χ4n) is 2.18. The lowest BCUT2D eigenvalue weighted by molar-refractivity contribution is -0.274. The maximum absolute atomic E-state index is 12.2. The van der Waals surface area contributed by atoms with Gasteiger partial charge in [-0.3, -0.25) is 0 Å². The molecular formula is C16H15BrF3NO3. The highest BCUT2D eigenvalue weighted by atomic mass is 79.9. The van der Waals surface area contributed by atoms with Crippen molar-refractivity contribution in [2.45, 2.75) is 12.4 Å². The van der Waals surface area contributed by atoms with Gasteiger partial charge in [0.1, 0.15) is 17.2 Å². The highest BCUT2D eigenvalue weighted by Gasteiger charge is 2.31. The summed E-state index contributed by atoms with van der Waals surface area (Å²) in [5, 5.41) is 0. The van der Waals surface area contributed by atoms with Crippen LogP contribution in [-0.4, -0.2) is 20.6 Å². The maximum Gasteiger partial charge on any atom is 0.573 e. The second-order valence-corrected chi connectivity index (χ2v) is 5.68. The van der Waals surface area contributed by atoms with Crippen LogP contribution in [0.15, 0.2) is 40.9 Å². The standard InChI is InChI=1S/C16H15BrF3NO3/c1-22-13-8-12(17)14(23-2)7-11(13)15(21)9-3-5-10(6-4-9)24-16(18,19)20/h3-8,15H,21H2,1-2H3/t15-/m0/s1. The molecule has 0 bridgehead atoms. The summed E-state index contributed by atoms with van der Waals surface area (Å²) in [5.74, 6) is 0.794. The van der Waals surface area contributed by atoms with E-state index in [2.05, 4.69) is 20.7 Å². The SMILES string of the molecule is COc1cc([C@@H](N)c2ccc(OC(F)(F)F)cc2)c(OC)cc1Br. The first-order valence-corrected chi connectivity index (χ1v) is 7.57. The topological polar surface area (TPSA) is 53.7 Å². The molecule has 2 N–H and O–H groups in total. The molecule has 2 aromatic carbocycles. The van der Waals surface area contributed by atoms with Crippen molar-refractivity contribution in [3.8, 4) is 17.2 Å². The monoisotopic (exact) mass is 405 g/mol. The first kappa shape index (κ1) is 18.4. The van der Waals surface area contributed by atoms with Crippen LogP contribution in [0.2, 0.25) is 0 Å². The van der Waals surface area contributed by atoms with Gasteiger partial charge in [0, 0.05) is 5.56 Å². The zero-order valence-corrected chi connectivity index (χ0v) is 14.4. The molecule has 0 aromatic heterocycles. The molecule has 1 atom stereocenters. The minimum Gasteiger partial charge on any atom is -0.496 e. The van der Waals surface area contributed by atoms with Gasteiger partial charge in [-0.1, -0.05) is 12.1 Å². The summed E-state index contributed by atoms with van der Waals surface area (Å²) < 4.78 is 51.7. The van der Waals surface area contributed by atoms with E-state index in [1.807, 2.05) is 0 Å². The van der Waals surface area contributed by atoms with Crippen molar-refractivity contribution in [3.05, 3.63) is 52.0 Å². The molecule has 24 heavy (non-hydrogen) atoms. The molecule has 2 aromatic rings. The second-order valence-electron chi connectivity index (χ2n) is 4.82. The minimum absolute atomic E-state index is 0.307. The van der Waals surface area contributed by atoms with Crippen LogP contribution < -0.4 is 19.9 Å². The van der Waals surface area contributed by atoms with E-state index in [0.717, 1.165) is 0 Å². The summed E-state index contributed by atoms with van der Waals surface area (Å²) in [7, 11) is 3.02. The van der Waals surface area contributed by atoms with Gasteiger partial charge in [0.15, 0.2) is 0 Å². The minimum atomic E-state index is -4.73. The van der Waals surface area contributed by atoms with Crippen LogP contribution in [-0.2, 0) is 0 Å². The summed E-state index contributed by atoms with van der Waals surface area (Å²) in [6.45, 7) is 0. The summed E-state index contributed by atoms with van der Waals surface area (Å²) in [6, 6.07) is 8.19. The van der Waals surface area contributed by atoms with Gasteiger partial charge in [0.05, 0.1) is 24.7 Å². The highest BCUT2D eigenvalue weighted by molar-refractivity contribution is 9.10. The van der Waals surface area contributed by atoms with Gasteiger partial charge in [-0.25, -0.2) is 0 Å². The lowest BCUT2D eigenvalue weighted by atomic mass is 9.98. The van der Waals surface area contributed by atoms with Gasteiger partial charge in [0.25, 0.3) is 0 Å². The molecule has 2 rings (SSSR count). The van der Waals surface area contributed by atoms with Crippen LogP contribution in [0.25, 0.3) is 0 Å². The molecule has 0 unspecified atom stereocenters. The Kier molecular flexibility index (Phi) is 5.61. The Bertz CT molecular complexity index is 705. The van der Waals surface area contributed by atoms with E-state index in [0.29, 0.717) is 27.1 Å². The van der Waals surface area contributed by atoms with E-state index < -0.39 is 12.4 Å². The average Bonchev–Trinajstić information content (AvgIpc) is 2.53. The Morgan fingerprint density at radius 2 is 1.58 bits per heavy atom. The van der Waals surface area contributed by atoms with Gasteiger partial charge in [-0.15, -0.1) is 13.2 Å². The summed E-state index contributed by atoms with van der Waals surface area (Å²) in [6.07, 6.45) is -4.73. The number of rotatable bonds is 5. The fourth-order valence-corrected chi connectivity index (χ4v) is 2.67. The number of hydrogen-bond donors (Lipinski definition) is 1. The lowest BCUT2D eigenvalue weighted by Gasteiger charge is -2.18. The van der Waals surface area contributed by atoms with E-state index in [9.17, 15) is 13.2 Å². The molecule has 0 aliphatic heterocycles. The molecule has 0 spiro atoms. The number of methoxy groups -OCH3 is 2. The average molecular weight is 406 g/mol. The molecule has 0 amide bonds. The van der Waals surface area contributed by atoms with E-state index in [4.69, 9.17) is 15.2 Å². The van der Waals surface area contributed by atoms with Gasteiger partial charge in [0.2, 0.25) is 0 Å². The molecule has 0 radical (unpaired) electrons. The zero-order chi connectivity index (χ0) is 17.9. The normalized spacial score (nSPS) is 12.6. The number of halogens is 4. The van der Waals surface area contributed by atoms with Crippen molar-refractivity contribution < 1.29 is 27.4 Å². The third-order valence-corrected chi connectivity index (χ3v) is 3.93. The predicted octanol–water partition coefficient (Wildman–Crippen LogP) is 4.41. The third kappa shape index (κ3) is 4.33. The number of nitrogens with two attached hydrogens (primary N) is 1. The molecule has 0 aliphatic rings. The van der Waals surface area contributed by atoms with Crippen molar-refractivity contribution in [1.29, 1.82) is 0 Å². The summed E-state index contributed by atoms with van der Waals surface area (Å²) >= 11 is 3.36. The summed E-state index contributed by atoms with van der Waals surface area (Å²) in [5.41, 5.74) is 7.47. The van der Waals surface area contributed by atoms with E-state index in [1.54, 1.807) is 12.1 Å². The zero-order valence-electron chi connectivity index (χ0n) is 12.9. The van der Waals surface area contributed by atoms with Crippen molar-refractivity contribution in [3.63, 3.8) is 0 Å². The predicted molar refractivity (Wildman–Crippen MR) is 86.4 cm³/mol. The van der Waals surface area contributed by atoms with Crippen molar-refractivity contribution in [2.24, 2.45) is 5.73 Å². The smallest absolute Gasteiger partial charge is 0.496 e. The second kappa shape index (κ2) is 7.31. The van der Waals surface area contributed by atoms with Crippen LogP contribution in [0.1, 0.15) is 17.2 Å². The molecule has 4 nitrogen and oxygen atoms in total. The molecular weight excluding hydrogens is 391 g/mol. The van der Waals surface area contributed by atoms with Crippen molar-refractivity contribution >= 4 is 15.9 Å². The van der Waals surface area contributed by atoms with E-state index >= 15 is 0 Å². The van der Waals surface area contributed by atoms with E-state index in [1.165, 1.54) is 38.5 Å². The number of benzene rings is 2. The first-order chi connectivity index (χ1) is 11.2. The van der Waals surface area contributed by atoms with Gasteiger partial charge < -0.3 is 19.9 Å². The molecule has 0 saturated carbocycles. The lowest BCUT2D eigenvalue weighted by Crippen LogP contribution is -2.17. The Hall–Kier alpha value is -1.93. The molecule has 0 aliphatic carbocycles. The Balaban J connectivity index is 2.33. The van der Waals surface area contributed by atoms with Crippen LogP contribution in [0.3, 0.4) is 0 Å². The largest absolute Gasteiger partial charge is 0.573 e. The third-order valence-electron chi connectivity index (χ3n) is 3.31. The Morgan fingerprint density at radius 1 is 1.00 bits per heavy atom. The van der Waals surface area contributed by atoms with Gasteiger partial charge in [-0.2, -0.15) is 0 Å². The number of hydrogen-bond acceptors (Lipinski definition) is 4. The molecule has 0 heterocycles. The molecule has 8 heteroatoms. The van der Waals surface area contributed by atoms with Gasteiger partial charge in [-0.05, 0) is 45.8 Å². The maximum atomic E-state index is 12.2. The Labute approximate surface area is 145 Å². The van der Waals surface area contributed by atoms with E-state index in [-0.39, 0.29) is 5.75 Å². The van der Waals surface area contributed by atoms with Gasteiger partial charge >= 0.3 is 6.36 Å². The van der Waals surface area contributed by atoms with Crippen molar-refractivity contribution in [2.75, 3.05) is 14.2 Å². The fraction of sp³-hybridized carbons (Fsp3) is 0.250. The molecule has 0 fully saturated rings. The number of alkyl halides is 3. The molecule has 0 saturated heterocycles. The first-order valence-electron chi connectivity index (χ1n) is 6.78. The van der Waals surface area contributed by atoms with Crippen LogP contribution >= 0.6 is 15.9 Å². The van der Waals surface area contributed by atoms with Crippen molar-refractivity contribution in [1.82, 2.24) is 0 Å². The highest BCUT2D eigenvalue weighted by Crippen LogP contribution is 2.37. The van der Waals surface area contributed by atoms with Crippen LogP contribution in [0, 0.1) is 0 Å². The van der Waals surface area contributed by atoms with Crippen LogP contribution in [0.4, 0.5) is 13.2 Å². The Morgan fingerprint density at radius 3 is 2.08 bits per heavy atom. The summed E-state index contributed by atoms with van der Waals surface area (Å²) in [4.78, 5) is 0. The quantitative estimate of drug-likeness (QED) is 0.799. The number of ether oxygens (including phenoxy) is 3.